The van der Waals surface area contributed by atoms with Crippen LogP contribution in [-0.4, -0.2) is 100.0 Å². The smallest absolute Gasteiger partial charge is 0.328 e. The highest BCUT2D eigenvalue weighted by Gasteiger charge is 2.33. The minimum absolute atomic E-state index is 0.00933. The predicted octanol–water partition coefficient (Wildman–Crippen LogP) is 1.02. The Balaban J connectivity index is 1.28. The van der Waals surface area contributed by atoms with Crippen LogP contribution in [0.1, 0.15) is 31.8 Å². The summed E-state index contributed by atoms with van der Waals surface area (Å²) in [7, 11) is 0. The number of carbonyl (C=O) groups is 3. The van der Waals surface area contributed by atoms with Crippen molar-refractivity contribution in [1.29, 1.82) is 0 Å². The quantitative estimate of drug-likeness (QED) is 0.162. The van der Waals surface area contributed by atoms with Gasteiger partial charge in [0.05, 0.1) is 40.7 Å². The van der Waals surface area contributed by atoms with Crippen LogP contribution in [0.4, 0.5) is 0 Å². The van der Waals surface area contributed by atoms with E-state index in [2.05, 4.69) is 15.6 Å². The van der Waals surface area contributed by atoms with Crippen molar-refractivity contribution in [3.05, 3.63) is 68.9 Å². The van der Waals surface area contributed by atoms with Gasteiger partial charge in [-0.1, -0.05) is 29.3 Å². The van der Waals surface area contributed by atoms with Crippen LogP contribution in [0.3, 0.4) is 0 Å². The number of carboxylic acid groups (broad SMARTS) is 1. The number of benzene rings is 2. The number of rotatable bonds is 7. The van der Waals surface area contributed by atoms with Gasteiger partial charge in [-0.25, -0.2) is 9.79 Å². The van der Waals surface area contributed by atoms with Crippen LogP contribution in [0.2, 0.25) is 10.0 Å². The number of hydrogen-bond acceptors (Lipinski definition) is 8. The maximum absolute atomic E-state index is 13.3. The van der Waals surface area contributed by atoms with Crippen molar-refractivity contribution in [2.45, 2.75) is 31.2 Å². The average Bonchev–Trinajstić information content (AvgIpc) is 3.58. The number of amides is 2. The van der Waals surface area contributed by atoms with Crippen molar-refractivity contribution >= 4 is 57.9 Å². The van der Waals surface area contributed by atoms with Gasteiger partial charge in [-0.3, -0.25) is 9.59 Å². The third kappa shape index (κ3) is 6.40. The number of aliphatic hydroxyl groups is 2. The third-order valence-corrected chi connectivity index (χ3v) is 8.20. The van der Waals surface area contributed by atoms with Gasteiger partial charge in [-0.05, 0) is 41.8 Å². The summed E-state index contributed by atoms with van der Waals surface area (Å²) in [5.74, 6) is -2.14. The molecule has 13 nitrogen and oxygen atoms in total. The molecule has 7 N–H and O–H groups in total. The third-order valence-electron chi connectivity index (χ3n) is 7.49. The second-order valence-corrected chi connectivity index (χ2v) is 11.1. The fraction of sp³-hybridized carbons (Fsp3) is 0.357. The molecule has 3 heterocycles. The number of likely N-dealkylation sites (tertiary alicyclic amines) is 1. The Kier molecular flexibility index (Phi) is 9.08. The maximum Gasteiger partial charge on any atom is 0.328 e. The van der Waals surface area contributed by atoms with Crippen LogP contribution < -0.4 is 16.4 Å². The SMILES string of the molecule is NCN=C(NC[C@H](NC(=O)c1c(Cl)cc2c(c1Cl)CCN(C(=O)c1ccc3ccoc3c1)C2)C(=O)O)N1C[C@@H](O)[C@H](O)C1. The first-order valence-electron chi connectivity index (χ1n) is 13.5. The van der Waals surface area contributed by atoms with Crippen molar-refractivity contribution in [3.63, 3.8) is 0 Å². The monoisotopic (exact) mass is 632 g/mol. The molecule has 2 aliphatic heterocycles. The van der Waals surface area contributed by atoms with Gasteiger partial charge in [0.15, 0.2) is 5.96 Å². The Morgan fingerprint density at radius 2 is 1.86 bits per heavy atom. The summed E-state index contributed by atoms with van der Waals surface area (Å²) in [5, 5.41) is 35.7. The molecule has 0 saturated carbocycles. The second kappa shape index (κ2) is 12.8. The summed E-state index contributed by atoms with van der Waals surface area (Å²) in [4.78, 5) is 45.8. The first-order chi connectivity index (χ1) is 20.6. The number of carbonyl (C=O) groups excluding carboxylic acids is 2. The topological polar surface area (TPSA) is 194 Å². The summed E-state index contributed by atoms with van der Waals surface area (Å²) >= 11 is 13.2. The second-order valence-electron chi connectivity index (χ2n) is 10.3. The molecule has 0 spiro atoms. The minimum Gasteiger partial charge on any atom is -0.480 e. The molecule has 5 rings (SSSR count). The molecule has 1 saturated heterocycles. The number of nitrogens with two attached hydrogens (primary N) is 1. The van der Waals surface area contributed by atoms with E-state index in [1.54, 1.807) is 29.4 Å². The molecular formula is C28H30Cl2N6O7. The zero-order valence-electron chi connectivity index (χ0n) is 22.8. The molecule has 228 valence electrons. The fourth-order valence-electron chi connectivity index (χ4n) is 5.22. The van der Waals surface area contributed by atoms with Crippen LogP contribution >= 0.6 is 23.2 Å². The number of aliphatic imine (C=N–C) groups is 1. The van der Waals surface area contributed by atoms with E-state index in [9.17, 15) is 29.7 Å². The standard InChI is InChI=1S/C28H30Cl2N6O7/c29-18-7-16-10-35(26(40)15-2-1-14-4-6-43-22(14)8-15)5-3-17(16)24(30)23(18)25(39)34-19(27(41)42)9-32-28(33-13-31)36-11-20(37)21(38)12-36/h1-2,4,6-8,19-21,37-38H,3,5,9-13,31H2,(H,32,33)(H,34,39)(H,41,42)/t19-,20+,21+/m0/s1. The molecule has 2 amide bonds. The van der Waals surface area contributed by atoms with E-state index in [0.29, 0.717) is 35.2 Å². The van der Waals surface area contributed by atoms with E-state index in [0.717, 1.165) is 5.39 Å². The van der Waals surface area contributed by atoms with Crippen molar-refractivity contribution < 1.29 is 34.1 Å². The number of aliphatic hydroxyl groups excluding tert-OH is 2. The molecule has 0 bridgehead atoms. The maximum atomic E-state index is 13.3. The summed E-state index contributed by atoms with van der Waals surface area (Å²) < 4.78 is 5.41. The zero-order valence-corrected chi connectivity index (χ0v) is 24.3. The van der Waals surface area contributed by atoms with Crippen molar-refractivity contribution in [2.24, 2.45) is 10.7 Å². The Morgan fingerprint density at radius 1 is 1.12 bits per heavy atom. The van der Waals surface area contributed by atoms with Crippen LogP contribution in [0.5, 0.6) is 0 Å². The van der Waals surface area contributed by atoms with Crippen molar-refractivity contribution in [1.82, 2.24) is 20.4 Å². The lowest BCUT2D eigenvalue weighted by atomic mass is 9.96. The van der Waals surface area contributed by atoms with E-state index in [1.807, 2.05) is 12.1 Å². The van der Waals surface area contributed by atoms with Crippen molar-refractivity contribution in [3.8, 4) is 0 Å². The number of β-amino-alcohol motifs (C(OH)–C–C–N with tert-alkyl or cyclic N) is 2. The highest BCUT2D eigenvalue weighted by atomic mass is 35.5. The summed E-state index contributed by atoms with van der Waals surface area (Å²) in [6, 6.07) is 7.20. The number of hydrogen-bond donors (Lipinski definition) is 6. The number of nitrogens with one attached hydrogen (secondary N) is 2. The molecule has 1 aromatic heterocycles. The normalized spacial score (nSPS) is 19.3. The number of nitrogens with zero attached hydrogens (tertiary/aromatic N) is 3. The number of aliphatic carboxylic acids is 1. The molecule has 0 aliphatic carbocycles. The zero-order chi connectivity index (χ0) is 30.8. The summed E-state index contributed by atoms with van der Waals surface area (Å²) in [6.07, 6.45) is -0.0755. The Morgan fingerprint density at radius 3 is 2.56 bits per heavy atom. The predicted molar refractivity (Wildman–Crippen MR) is 158 cm³/mol. The largest absolute Gasteiger partial charge is 0.480 e. The molecule has 1 fully saturated rings. The van der Waals surface area contributed by atoms with Gasteiger partial charge in [0.25, 0.3) is 11.8 Å². The van der Waals surface area contributed by atoms with E-state index in [1.165, 1.54) is 4.90 Å². The Bertz CT molecular complexity index is 1590. The lowest BCUT2D eigenvalue weighted by Gasteiger charge is -2.30. The van der Waals surface area contributed by atoms with E-state index < -0.39 is 30.1 Å². The van der Waals surface area contributed by atoms with Gasteiger partial charge in [0.1, 0.15) is 11.6 Å². The van der Waals surface area contributed by atoms with E-state index in [4.69, 9.17) is 33.4 Å². The minimum atomic E-state index is -1.42. The average molecular weight is 633 g/mol. The van der Waals surface area contributed by atoms with E-state index in [-0.39, 0.29) is 60.3 Å². The van der Waals surface area contributed by atoms with Gasteiger partial charge in [0.2, 0.25) is 0 Å². The Hall–Kier alpha value is -3.88. The Labute approximate surface area is 255 Å². The molecule has 3 atom stereocenters. The van der Waals surface area contributed by atoms with Crippen LogP contribution in [0.15, 0.2) is 46.0 Å². The number of guanidine groups is 1. The lowest BCUT2D eigenvalue weighted by molar-refractivity contribution is -0.139. The molecule has 2 aromatic carbocycles. The number of fused-ring (bicyclic) bond motifs is 2. The molecule has 2 aliphatic rings. The number of carboxylic acids is 1. The summed E-state index contributed by atoms with van der Waals surface area (Å²) in [5.41, 5.74) is 7.87. The van der Waals surface area contributed by atoms with Gasteiger partial charge < -0.3 is 45.9 Å². The molecule has 43 heavy (non-hydrogen) atoms. The molecular weight excluding hydrogens is 603 g/mol. The van der Waals surface area contributed by atoms with E-state index >= 15 is 0 Å². The highest BCUT2D eigenvalue weighted by molar-refractivity contribution is 6.40. The highest BCUT2D eigenvalue weighted by Crippen LogP contribution is 2.35. The fourth-order valence-corrected chi connectivity index (χ4v) is 5.99. The van der Waals surface area contributed by atoms with Gasteiger partial charge in [-0.2, -0.15) is 0 Å². The van der Waals surface area contributed by atoms with Gasteiger partial charge in [0, 0.05) is 43.7 Å². The molecule has 0 radical (unpaired) electrons. The molecule has 0 unspecified atom stereocenters. The van der Waals surface area contributed by atoms with Crippen LogP contribution in [0.25, 0.3) is 11.0 Å². The first kappa shape index (κ1) is 30.6. The number of halogens is 2. The number of furan rings is 1. The van der Waals surface area contributed by atoms with Gasteiger partial charge >= 0.3 is 5.97 Å². The van der Waals surface area contributed by atoms with Gasteiger partial charge in [-0.15, -0.1) is 0 Å². The van der Waals surface area contributed by atoms with Crippen molar-refractivity contribution in [2.75, 3.05) is 32.8 Å². The van der Waals surface area contributed by atoms with Crippen LogP contribution in [0, 0.1) is 0 Å². The lowest BCUT2D eigenvalue weighted by Crippen LogP contribution is -2.51. The molecule has 3 aromatic rings. The van der Waals surface area contributed by atoms with Crippen LogP contribution in [-0.2, 0) is 17.8 Å². The first-order valence-corrected chi connectivity index (χ1v) is 14.2. The summed E-state index contributed by atoms with van der Waals surface area (Å²) in [6.45, 7) is 0.284. The molecule has 15 heteroatoms.